The number of carbonyl (C=O) groups is 1. The van der Waals surface area contributed by atoms with Crippen LogP contribution in [0.1, 0.15) is 5.56 Å². The fraction of sp³-hybridized carbons (Fsp3) is 0.435. The Labute approximate surface area is 195 Å². The number of nitrogens with zero attached hydrogens (tertiary/aromatic N) is 1. The van der Waals surface area contributed by atoms with Crippen LogP contribution in [-0.2, 0) is 26.0 Å². The molecule has 1 aliphatic rings. The molecule has 2 aromatic carbocycles. The predicted octanol–water partition coefficient (Wildman–Crippen LogP) is 1.04. The van der Waals surface area contributed by atoms with Crippen molar-refractivity contribution in [2.45, 2.75) is 17.4 Å². The summed E-state index contributed by atoms with van der Waals surface area (Å²) in [7, 11) is -1.10. The van der Waals surface area contributed by atoms with Crippen molar-refractivity contribution in [3.63, 3.8) is 0 Å². The van der Waals surface area contributed by atoms with Gasteiger partial charge in [-0.3, -0.25) is 9.69 Å². The lowest BCUT2D eigenvalue weighted by Crippen LogP contribution is -2.49. The molecule has 1 atom stereocenters. The number of nitrogens with one attached hydrogen (secondary N) is 2. The van der Waals surface area contributed by atoms with Crippen LogP contribution in [0.2, 0.25) is 0 Å². The van der Waals surface area contributed by atoms with E-state index in [-0.39, 0.29) is 23.0 Å². The smallest absolute Gasteiger partial charge is 0.241 e. The highest BCUT2D eigenvalue weighted by molar-refractivity contribution is 7.89. The Morgan fingerprint density at radius 3 is 2.42 bits per heavy atom. The molecule has 33 heavy (non-hydrogen) atoms. The summed E-state index contributed by atoms with van der Waals surface area (Å²) in [5.74, 6) is 0.323. The van der Waals surface area contributed by atoms with Crippen molar-refractivity contribution in [3.05, 3.63) is 54.1 Å². The first-order valence-electron chi connectivity index (χ1n) is 10.8. The Hall–Kier alpha value is -2.66. The molecule has 0 radical (unpaired) electrons. The zero-order valence-corrected chi connectivity index (χ0v) is 19.8. The standard InChI is InChI=1S/C23H31N3O6S/c1-30-21-9-8-19(17-22(21)31-2)33(28,29)25-20(16-18-6-4-3-5-7-18)23(27)24-10-11-26-12-14-32-15-13-26/h3-9,17,20,25H,10-16H2,1-2H3,(H,24,27). The second kappa shape index (κ2) is 12.0. The van der Waals surface area contributed by atoms with E-state index in [0.717, 1.165) is 18.7 Å². The van der Waals surface area contributed by atoms with Crippen molar-refractivity contribution in [1.29, 1.82) is 0 Å². The average Bonchev–Trinajstić information content (AvgIpc) is 2.84. The van der Waals surface area contributed by atoms with Gasteiger partial charge in [-0.25, -0.2) is 8.42 Å². The molecule has 0 spiro atoms. The number of amides is 1. The molecule has 1 heterocycles. The molecule has 2 aromatic rings. The van der Waals surface area contributed by atoms with Gasteiger partial charge in [0.25, 0.3) is 0 Å². The van der Waals surface area contributed by atoms with E-state index in [1.54, 1.807) is 0 Å². The molecule has 1 fully saturated rings. The molecule has 0 saturated carbocycles. The zero-order chi connectivity index (χ0) is 23.7. The maximum Gasteiger partial charge on any atom is 0.241 e. The molecule has 3 rings (SSSR count). The van der Waals surface area contributed by atoms with Crippen LogP contribution in [0.15, 0.2) is 53.4 Å². The van der Waals surface area contributed by atoms with Gasteiger partial charge in [-0.05, 0) is 24.1 Å². The van der Waals surface area contributed by atoms with Gasteiger partial charge in [-0.15, -0.1) is 0 Å². The highest BCUT2D eigenvalue weighted by atomic mass is 32.2. The van der Waals surface area contributed by atoms with Gasteiger partial charge < -0.3 is 19.5 Å². The average molecular weight is 478 g/mol. The lowest BCUT2D eigenvalue weighted by Gasteiger charge is -2.27. The van der Waals surface area contributed by atoms with E-state index in [0.29, 0.717) is 32.1 Å². The van der Waals surface area contributed by atoms with Crippen molar-refractivity contribution in [2.24, 2.45) is 0 Å². The van der Waals surface area contributed by atoms with Gasteiger partial charge >= 0.3 is 0 Å². The number of morpholine rings is 1. The van der Waals surface area contributed by atoms with E-state index in [2.05, 4.69) is 14.9 Å². The Bertz CT molecular complexity index is 1010. The van der Waals surface area contributed by atoms with Gasteiger partial charge in [-0.2, -0.15) is 4.72 Å². The molecule has 1 saturated heterocycles. The lowest BCUT2D eigenvalue weighted by molar-refractivity contribution is -0.122. The SMILES string of the molecule is COc1ccc(S(=O)(=O)NC(Cc2ccccc2)C(=O)NCCN2CCOCC2)cc1OC. The number of rotatable bonds is 11. The van der Waals surface area contributed by atoms with Crippen molar-refractivity contribution < 1.29 is 27.4 Å². The van der Waals surface area contributed by atoms with E-state index < -0.39 is 16.1 Å². The molecule has 2 N–H and O–H groups in total. The molecule has 0 aliphatic carbocycles. The summed E-state index contributed by atoms with van der Waals surface area (Å²) in [6.45, 7) is 4.08. The summed E-state index contributed by atoms with van der Waals surface area (Å²) in [4.78, 5) is 15.2. The molecular formula is C23H31N3O6S. The van der Waals surface area contributed by atoms with Crippen molar-refractivity contribution in [3.8, 4) is 11.5 Å². The van der Waals surface area contributed by atoms with Gasteiger partial charge in [0.1, 0.15) is 6.04 Å². The molecule has 180 valence electrons. The number of hydrogen-bond donors (Lipinski definition) is 2. The third-order valence-electron chi connectivity index (χ3n) is 5.39. The maximum atomic E-state index is 13.1. The molecule has 10 heteroatoms. The largest absolute Gasteiger partial charge is 0.493 e. The summed E-state index contributed by atoms with van der Waals surface area (Å²) in [5, 5.41) is 2.87. The monoisotopic (exact) mass is 477 g/mol. The van der Waals surface area contributed by atoms with Crippen molar-refractivity contribution in [2.75, 3.05) is 53.6 Å². The number of methoxy groups -OCH3 is 2. The number of sulfonamides is 1. The second-order valence-corrected chi connectivity index (χ2v) is 9.34. The van der Waals surface area contributed by atoms with Crippen molar-refractivity contribution >= 4 is 15.9 Å². The fourth-order valence-electron chi connectivity index (χ4n) is 3.56. The van der Waals surface area contributed by atoms with Gasteiger partial charge in [-0.1, -0.05) is 30.3 Å². The van der Waals surface area contributed by atoms with E-state index in [1.807, 2.05) is 30.3 Å². The van der Waals surface area contributed by atoms with Crippen LogP contribution < -0.4 is 19.5 Å². The minimum absolute atomic E-state index is 0.0145. The van der Waals surface area contributed by atoms with E-state index in [4.69, 9.17) is 14.2 Å². The molecule has 1 aliphatic heterocycles. The molecule has 1 amide bonds. The van der Waals surface area contributed by atoms with Gasteiger partial charge in [0, 0.05) is 32.2 Å². The molecule has 9 nitrogen and oxygen atoms in total. The van der Waals surface area contributed by atoms with Crippen LogP contribution in [-0.4, -0.2) is 78.9 Å². The fourth-order valence-corrected chi connectivity index (χ4v) is 4.77. The summed E-state index contributed by atoms with van der Waals surface area (Å²) in [6, 6.07) is 12.6. The summed E-state index contributed by atoms with van der Waals surface area (Å²) >= 11 is 0. The maximum absolute atomic E-state index is 13.1. The van der Waals surface area contributed by atoms with Crippen LogP contribution in [0.5, 0.6) is 11.5 Å². The van der Waals surface area contributed by atoms with E-state index >= 15 is 0 Å². The lowest BCUT2D eigenvalue weighted by atomic mass is 10.1. The highest BCUT2D eigenvalue weighted by Crippen LogP contribution is 2.29. The Balaban J connectivity index is 1.73. The Kier molecular flexibility index (Phi) is 9.07. The van der Waals surface area contributed by atoms with Gasteiger partial charge in [0.05, 0.1) is 32.3 Å². The molecule has 1 unspecified atom stereocenters. The van der Waals surface area contributed by atoms with Crippen LogP contribution in [0.3, 0.4) is 0 Å². The number of carbonyl (C=O) groups excluding carboxylic acids is 1. The predicted molar refractivity (Wildman–Crippen MR) is 124 cm³/mol. The third kappa shape index (κ3) is 7.16. The van der Waals surface area contributed by atoms with Crippen molar-refractivity contribution in [1.82, 2.24) is 14.9 Å². The highest BCUT2D eigenvalue weighted by Gasteiger charge is 2.27. The first-order valence-corrected chi connectivity index (χ1v) is 12.3. The van der Waals surface area contributed by atoms with Crippen LogP contribution in [0, 0.1) is 0 Å². The third-order valence-corrected chi connectivity index (χ3v) is 6.86. The van der Waals surface area contributed by atoms with Gasteiger partial charge in [0.2, 0.25) is 15.9 Å². The normalized spacial score (nSPS) is 15.6. The summed E-state index contributed by atoms with van der Waals surface area (Å²) < 4.78 is 44.5. The minimum Gasteiger partial charge on any atom is -0.493 e. The number of ether oxygens (including phenoxy) is 3. The molecule has 0 bridgehead atoms. The quantitative estimate of drug-likeness (QED) is 0.498. The van der Waals surface area contributed by atoms with Gasteiger partial charge in [0.15, 0.2) is 11.5 Å². The van der Waals surface area contributed by atoms with Crippen LogP contribution in [0.25, 0.3) is 0 Å². The van der Waals surface area contributed by atoms with Crippen LogP contribution >= 0.6 is 0 Å². The van der Waals surface area contributed by atoms with E-state index in [1.165, 1.54) is 32.4 Å². The summed E-state index contributed by atoms with van der Waals surface area (Å²) in [5.41, 5.74) is 0.848. The number of benzene rings is 2. The molecule has 0 aromatic heterocycles. The topological polar surface area (TPSA) is 106 Å². The minimum atomic E-state index is -4.00. The first kappa shape index (κ1) is 25.0. The Morgan fingerprint density at radius 2 is 1.76 bits per heavy atom. The second-order valence-electron chi connectivity index (χ2n) is 7.63. The van der Waals surface area contributed by atoms with E-state index in [9.17, 15) is 13.2 Å². The molecular weight excluding hydrogens is 446 g/mol. The number of hydrogen-bond acceptors (Lipinski definition) is 7. The zero-order valence-electron chi connectivity index (χ0n) is 19.0. The van der Waals surface area contributed by atoms with Crippen LogP contribution in [0.4, 0.5) is 0 Å². The first-order chi connectivity index (χ1) is 15.9. The Morgan fingerprint density at radius 1 is 1.06 bits per heavy atom. The summed E-state index contributed by atoms with van der Waals surface area (Å²) in [6.07, 6.45) is 0.219.